The summed E-state index contributed by atoms with van der Waals surface area (Å²) in [5, 5.41) is 12.7. The summed E-state index contributed by atoms with van der Waals surface area (Å²) in [5.41, 5.74) is 2.22. The van der Waals surface area contributed by atoms with Gasteiger partial charge in [-0.1, -0.05) is 0 Å². The molecule has 6 nitrogen and oxygen atoms in total. The third-order valence-electron chi connectivity index (χ3n) is 4.41. The van der Waals surface area contributed by atoms with E-state index in [1.165, 1.54) is 0 Å². The Bertz CT molecular complexity index is 636. The third kappa shape index (κ3) is 1.68. The van der Waals surface area contributed by atoms with E-state index in [-0.39, 0.29) is 12.5 Å². The van der Waals surface area contributed by atoms with Gasteiger partial charge < -0.3 is 15.2 Å². The fourth-order valence-electron chi connectivity index (χ4n) is 3.01. The normalized spacial score (nSPS) is 19.9. The zero-order valence-electron chi connectivity index (χ0n) is 11.1. The smallest absolute Gasteiger partial charge is 0.252 e. The molecule has 4 rings (SSSR count). The van der Waals surface area contributed by atoms with Crippen LogP contribution in [0.4, 0.5) is 0 Å². The minimum atomic E-state index is -0.540. The Kier molecular flexibility index (Phi) is 2.46. The van der Waals surface area contributed by atoms with Crippen LogP contribution in [0.5, 0.6) is 0 Å². The highest BCUT2D eigenvalue weighted by Gasteiger charge is 2.35. The van der Waals surface area contributed by atoms with Crippen molar-refractivity contribution >= 4 is 5.91 Å². The Morgan fingerprint density at radius 2 is 2.20 bits per heavy atom. The summed E-state index contributed by atoms with van der Waals surface area (Å²) >= 11 is 0. The number of carbonyl (C=O) groups excluding carboxylic acids is 1. The molecule has 0 aromatic carbocycles. The van der Waals surface area contributed by atoms with Crippen LogP contribution in [0.3, 0.4) is 0 Å². The van der Waals surface area contributed by atoms with Gasteiger partial charge in [-0.25, -0.2) is 0 Å². The molecule has 106 valence electrons. The highest BCUT2D eigenvalue weighted by atomic mass is 16.5. The monoisotopic (exact) mass is 275 g/mol. The molecule has 4 aliphatic rings. The van der Waals surface area contributed by atoms with Crippen molar-refractivity contribution < 1.29 is 14.6 Å². The summed E-state index contributed by atoms with van der Waals surface area (Å²) in [6.07, 6.45) is 3.31. The van der Waals surface area contributed by atoms with Crippen LogP contribution in [0.15, 0.2) is 18.3 Å². The summed E-state index contributed by atoms with van der Waals surface area (Å²) in [5.74, 6) is -0.109. The van der Waals surface area contributed by atoms with Crippen molar-refractivity contribution in [1.29, 1.82) is 0 Å². The van der Waals surface area contributed by atoms with E-state index in [4.69, 9.17) is 4.74 Å². The van der Waals surface area contributed by atoms with Crippen LogP contribution in [0, 0.1) is 0 Å². The fourth-order valence-corrected chi connectivity index (χ4v) is 3.01. The van der Waals surface area contributed by atoms with E-state index in [1.807, 2.05) is 18.3 Å². The number of aliphatic hydroxyl groups excluding tert-OH is 1. The van der Waals surface area contributed by atoms with Crippen LogP contribution in [0.1, 0.15) is 23.2 Å². The molecule has 6 heteroatoms. The second-order valence-electron chi connectivity index (χ2n) is 5.66. The van der Waals surface area contributed by atoms with Gasteiger partial charge in [0.25, 0.3) is 5.91 Å². The number of ether oxygens (including phenoxy) is 1. The van der Waals surface area contributed by atoms with Crippen molar-refractivity contribution in [3.8, 4) is 11.3 Å². The fraction of sp³-hybridized carbons (Fsp3) is 0.500. The average Bonchev–Trinajstić information content (AvgIpc) is 2.95. The lowest BCUT2D eigenvalue weighted by molar-refractivity contribution is 0.0125. The molecule has 1 amide bonds. The molecule has 3 heterocycles. The van der Waals surface area contributed by atoms with Crippen LogP contribution in [-0.2, 0) is 11.4 Å². The van der Waals surface area contributed by atoms with E-state index in [0.717, 1.165) is 17.9 Å². The molecular formula is C14H17N3O3. The minimum Gasteiger partial charge on any atom is -0.394 e. The van der Waals surface area contributed by atoms with E-state index in [0.29, 0.717) is 31.6 Å². The highest BCUT2D eigenvalue weighted by molar-refractivity contribution is 6.02. The topological polar surface area (TPSA) is 68.4 Å². The van der Waals surface area contributed by atoms with E-state index in [1.54, 1.807) is 0 Å². The van der Waals surface area contributed by atoms with Crippen LogP contribution in [-0.4, -0.2) is 45.7 Å². The van der Waals surface area contributed by atoms with E-state index in [2.05, 4.69) is 14.7 Å². The molecule has 1 saturated heterocycles. The first-order valence-corrected chi connectivity index (χ1v) is 6.92. The second kappa shape index (κ2) is 4.10. The number of amides is 1. The van der Waals surface area contributed by atoms with Gasteiger partial charge in [-0.15, -0.1) is 0 Å². The Morgan fingerprint density at radius 1 is 1.40 bits per heavy atom. The summed E-state index contributed by atoms with van der Waals surface area (Å²) in [6.45, 7) is 2.02. The minimum absolute atomic E-state index is 0.0486. The molecule has 0 bridgehead atoms. The van der Waals surface area contributed by atoms with Crippen molar-refractivity contribution in [3.63, 3.8) is 0 Å². The van der Waals surface area contributed by atoms with E-state index >= 15 is 0 Å². The zero-order valence-corrected chi connectivity index (χ0v) is 11.1. The van der Waals surface area contributed by atoms with Crippen molar-refractivity contribution in [2.75, 3.05) is 19.8 Å². The molecule has 0 unspecified atom stereocenters. The average molecular weight is 275 g/mol. The maximum atomic E-state index is 12.5. The number of aliphatic hydroxyl groups is 1. The number of hydrogen-bond donors (Lipinski definition) is 2. The quantitative estimate of drug-likeness (QED) is 0.731. The van der Waals surface area contributed by atoms with Crippen LogP contribution in [0.25, 0.3) is 11.3 Å². The number of nitrogens with one attached hydrogen (secondary N) is 1. The van der Waals surface area contributed by atoms with Crippen LogP contribution >= 0.6 is 0 Å². The van der Waals surface area contributed by atoms with E-state index < -0.39 is 5.54 Å². The predicted octanol–water partition coefficient (Wildman–Crippen LogP) is 0.485. The third-order valence-corrected chi connectivity index (χ3v) is 4.41. The lowest BCUT2D eigenvalue weighted by Gasteiger charge is -2.36. The van der Waals surface area contributed by atoms with Crippen molar-refractivity contribution in [2.45, 2.75) is 25.0 Å². The van der Waals surface area contributed by atoms with Crippen LogP contribution in [0.2, 0.25) is 0 Å². The highest BCUT2D eigenvalue weighted by Crippen LogP contribution is 2.34. The first-order chi connectivity index (χ1) is 9.72. The Morgan fingerprint density at radius 3 is 2.95 bits per heavy atom. The molecule has 2 N–H and O–H groups in total. The van der Waals surface area contributed by atoms with Gasteiger partial charge in [-0.2, -0.15) is 0 Å². The van der Waals surface area contributed by atoms with E-state index in [9.17, 15) is 9.90 Å². The summed E-state index contributed by atoms with van der Waals surface area (Å²) < 4.78 is 9.49. The number of fused-ring (bicyclic) bond motifs is 3. The van der Waals surface area contributed by atoms with Gasteiger partial charge in [0.05, 0.1) is 23.4 Å². The molecule has 1 aliphatic carbocycles. The molecule has 0 spiro atoms. The molecule has 20 heavy (non-hydrogen) atoms. The van der Waals surface area contributed by atoms with Gasteiger partial charge >= 0.3 is 0 Å². The molecule has 0 aromatic heterocycles. The van der Waals surface area contributed by atoms with Crippen LogP contribution < -0.4 is 5.32 Å². The lowest BCUT2D eigenvalue weighted by atomic mass is 9.90. The van der Waals surface area contributed by atoms with Crippen molar-refractivity contribution in [2.24, 2.45) is 0 Å². The molecule has 0 saturated carbocycles. The predicted molar refractivity (Wildman–Crippen MR) is 71.8 cm³/mol. The summed E-state index contributed by atoms with van der Waals surface area (Å²) in [4.78, 5) is 12.5. The molecule has 0 aromatic rings. The maximum absolute atomic E-state index is 12.5. The lowest BCUT2D eigenvalue weighted by Crippen LogP contribution is -2.54. The second-order valence-corrected chi connectivity index (χ2v) is 5.66. The number of rotatable bonds is 3. The summed E-state index contributed by atoms with van der Waals surface area (Å²) in [7, 11) is 0. The van der Waals surface area contributed by atoms with Crippen molar-refractivity contribution in [1.82, 2.24) is 14.7 Å². The van der Waals surface area contributed by atoms with Gasteiger partial charge in [0.2, 0.25) is 0 Å². The number of hydrogen-bond acceptors (Lipinski definition) is 3. The SMILES string of the molecule is O=C(NC1(CO)CCOCC1)c1ccc2n3n(cc1-2)C3. The summed E-state index contributed by atoms with van der Waals surface area (Å²) in [6, 6.07) is 3.83. The Labute approximate surface area is 116 Å². The first-order valence-electron chi connectivity index (χ1n) is 6.92. The Hall–Kier alpha value is -1.79. The van der Waals surface area contributed by atoms with Gasteiger partial charge in [0.15, 0.2) is 0 Å². The number of aromatic nitrogens is 2. The van der Waals surface area contributed by atoms with Gasteiger partial charge in [-0.3, -0.25) is 14.2 Å². The van der Waals surface area contributed by atoms with Gasteiger partial charge in [-0.05, 0) is 25.0 Å². The first kappa shape index (κ1) is 12.0. The van der Waals surface area contributed by atoms with Gasteiger partial charge in [0.1, 0.15) is 6.67 Å². The van der Waals surface area contributed by atoms with Gasteiger partial charge in [0, 0.05) is 25.0 Å². The number of carbonyl (C=O) groups is 1. The maximum Gasteiger partial charge on any atom is 0.252 e. The standard InChI is InChI=1S/C14H17N3O3/c18-8-14(3-5-20-6-4-14)15-13(19)10-1-2-12-11(10)7-16-9-17(12)16/h1-2,7,18H,3-6,8-9H2,(H,15,19). The number of nitrogens with zero attached hydrogens (tertiary/aromatic N) is 2. The van der Waals surface area contributed by atoms with Crippen molar-refractivity contribution in [3.05, 3.63) is 23.9 Å². The molecule has 0 radical (unpaired) electrons. The molecular weight excluding hydrogens is 258 g/mol. The Balaban J connectivity index is 1.58. The molecule has 1 fully saturated rings. The largest absolute Gasteiger partial charge is 0.394 e. The molecule has 0 atom stereocenters. The zero-order chi connectivity index (χ0) is 13.7. The molecule has 3 aliphatic heterocycles.